The van der Waals surface area contributed by atoms with Crippen molar-refractivity contribution < 1.29 is 18.8 Å². The smallest absolute Gasteiger partial charge is 0.338 e. The number of nitro benzene ring substituents is 1. The molecule has 0 saturated heterocycles. The van der Waals surface area contributed by atoms with Crippen LogP contribution in [0.1, 0.15) is 22.8 Å². The topological polar surface area (TPSA) is 69.4 Å². The number of esters is 1. The van der Waals surface area contributed by atoms with Gasteiger partial charge in [-0.05, 0) is 26.0 Å². The number of halogens is 1. The number of aryl methyl sites for hydroxylation is 1. The van der Waals surface area contributed by atoms with Crippen LogP contribution in [0, 0.1) is 22.9 Å². The fourth-order valence-corrected chi connectivity index (χ4v) is 1.30. The maximum atomic E-state index is 13.3. The van der Waals surface area contributed by atoms with Gasteiger partial charge in [-0.25, -0.2) is 4.79 Å². The van der Waals surface area contributed by atoms with Crippen LogP contribution >= 0.6 is 0 Å². The molecule has 0 aliphatic rings. The summed E-state index contributed by atoms with van der Waals surface area (Å²) >= 11 is 0. The molecule has 6 heteroatoms. The molecule has 0 bridgehead atoms. The Hall–Kier alpha value is -1.98. The Balaban J connectivity index is 3.19. The summed E-state index contributed by atoms with van der Waals surface area (Å²) in [5.41, 5.74) is -0.552. The normalized spacial score (nSPS) is 9.94. The molecule has 0 N–H and O–H groups in total. The Morgan fingerprint density at radius 3 is 2.62 bits per heavy atom. The molecule has 0 unspecified atom stereocenters. The van der Waals surface area contributed by atoms with E-state index in [1.165, 1.54) is 13.0 Å². The van der Waals surface area contributed by atoms with Gasteiger partial charge in [0.25, 0.3) is 0 Å². The number of rotatable bonds is 3. The van der Waals surface area contributed by atoms with Gasteiger partial charge in [-0.3, -0.25) is 10.1 Å². The molecule has 5 nitrogen and oxygen atoms in total. The highest BCUT2D eigenvalue weighted by atomic mass is 19.1. The lowest BCUT2D eigenvalue weighted by atomic mass is 10.1. The summed E-state index contributed by atoms with van der Waals surface area (Å²) in [6.45, 7) is 3.15. The van der Waals surface area contributed by atoms with Crippen molar-refractivity contribution in [3.05, 3.63) is 39.2 Å². The van der Waals surface area contributed by atoms with E-state index >= 15 is 0 Å². The highest BCUT2D eigenvalue weighted by Gasteiger charge is 2.21. The molecule has 0 spiro atoms. The van der Waals surface area contributed by atoms with Gasteiger partial charge >= 0.3 is 11.7 Å². The van der Waals surface area contributed by atoms with E-state index in [4.69, 9.17) is 0 Å². The highest BCUT2D eigenvalue weighted by molar-refractivity contribution is 5.90. The van der Waals surface area contributed by atoms with Gasteiger partial charge in [0.2, 0.25) is 5.82 Å². The van der Waals surface area contributed by atoms with E-state index in [2.05, 4.69) is 4.74 Å². The number of ether oxygens (including phenoxy) is 1. The van der Waals surface area contributed by atoms with Crippen molar-refractivity contribution in [3.63, 3.8) is 0 Å². The summed E-state index contributed by atoms with van der Waals surface area (Å²) in [4.78, 5) is 21.0. The minimum atomic E-state index is -1.03. The first kappa shape index (κ1) is 12.1. The molecule has 0 heterocycles. The van der Waals surface area contributed by atoms with Crippen LogP contribution in [0.15, 0.2) is 12.1 Å². The SMILES string of the molecule is CCOC(=O)c1cc(C)c([N+](=O)[O-])c(F)c1. The van der Waals surface area contributed by atoms with E-state index in [-0.39, 0.29) is 17.7 Å². The van der Waals surface area contributed by atoms with Gasteiger partial charge in [-0.15, -0.1) is 0 Å². The summed E-state index contributed by atoms with van der Waals surface area (Å²) in [5, 5.41) is 10.5. The standard InChI is InChI=1S/C10H10FNO4/c1-3-16-10(13)7-4-6(2)9(12(14)15)8(11)5-7/h4-5H,3H2,1-2H3. The Morgan fingerprint density at radius 1 is 1.56 bits per heavy atom. The lowest BCUT2D eigenvalue weighted by Gasteiger charge is -2.04. The van der Waals surface area contributed by atoms with Crippen molar-refractivity contribution in [2.45, 2.75) is 13.8 Å². The average molecular weight is 227 g/mol. The Kier molecular flexibility index (Phi) is 3.55. The van der Waals surface area contributed by atoms with Crippen LogP contribution in [0.5, 0.6) is 0 Å². The van der Waals surface area contributed by atoms with E-state index in [0.717, 1.165) is 6.07 Å². The van der Waals surface area contributed by atoms with Crippen molar-refractivity contribution in [1.29, 1.82) is 0 Å². The molecule has 0 aliphatic carbocycles. The number of carbonyl (C=O) groups is 1. The Morgan fingerprint density at radius 2 is 2.19 bits per heavy atom. The maximum Gasteiger partial charge on any atom is 0.338 e. The monoisotopic (exact) mass is 227 g/mol. The largest absolute Gasteiger partial charge is 0.462 e. The number of nitro groups is 1. The molecule has 0 atom stereocenters. The first-order chi connectivity index (χ1) is 7.47. The van der Waals surface area contributed by atoms with Crippen LogP contribution in [0.25, 0.3) is 0 Å². The van der Waals surface area contributed by atoms with Crippen molar-refractivity contribution in [1.82, 2.24) is 0 Å². The predicted molar refractivity (Wildman–Crippen MR) is 53.7 cm³/mol. The van der Waals surface area contributed by atoms with Gasteiger partial charge < -0.3 is 4.74 Å². The second-order valence-corrected chi connectivity index (χ2v) is 3.10. The molecule has 0 aromatic heterocycles. The van der Waals surface area contributed by atoms with Crippen molar-refractivity contribution >= 4 is 11.7 Å². The van der Waals surface area contributed by atoms with Crippen LogP contribution in [-0.2, 0) is 4.74 Å². The van der Waals surface area contributed by atoms with E-state index in [1.807, 2.05) is 0 Å². The van der Waals surface area contributed by atoms with E-state index in [0.29, 0.717) is 0 Å². The van der Waals surface area contributed by atoms with Crippen LogP contribution in [-0.4, -0.2) is 17.5 Å². The Bertz CT molecular complexity index is 421. The molecule has 1 aromatic rings. The van der Waals surface area contributed by atoms with E-state index in [9.17, 15) is 19.3 Å². The van der Waals surface area contributed by atoms with Gasteiger partial charge in [0, 0.05) is 5.56 Å². The zero-order valence-electron chi connectivity index (χ0n) is 8.82. The third kappa shape index (κ3) is 2.33. The van der Waals surface area contributed by atoms with Crippen molar-refractivity contribution in [2.24, 2.45) is 0 Å². The molecule has 16 heavy (non-hydrogen) atoms. The van der Waals surface area contributed by atoms with Gasteiger partial charge in [0.05, 0.1) is 17.1 Å². The number of benzene rings is 1. The van der Waals surface area contributed by atoms with Gasteiger partial charge in [-0.1, -0.05) is 0 Å². The maximum absolute atomic E-state index is 13.3. The molecular weight excluding hydrogens is 217 g/mol. The molecule has 86 valence electrons. The van der Waals surface area contributed by atoms with Gasteiger partial charge in [0.15, 0.2) is 0 Å². The van der Waals surface area contributed by atoms with Crippen LogP contribution in [0.2, 0.25) is 0 Å². The molecule has 0 radical (unpaired) electrons. The predicted octanol–water partition coefficient (Wildman–Crippen LogP) is 2.22. The lowest BCUT2D eigenvalue weighted by molar-refractivity contribution is -0.388. The summed E-state index contributed by atoms with van der Waals surface area (Å²) in [6.07, 6.45) is 0. The first-order valence-electron chi connectivity index (χ1n) is 4.59. The zero-order valence-corrected chi connectivity index (χ0v) is 8.82. The third-order valence-electron chi connectivity index (χ3n) is 1.95. The van der Waals surface area contributed by atoms with Crippen molar-refractivity contribution in [2.75, 3.05) is 6.61 Å². The molecule has 0 aliphatic heterocycles. The van der Waals surface area contributed by atoms with Gasteiger partial charge in [-0.2, -0.15) is 4.39 Å². The molecule has 0 amide bonds. The summed E-state index contributed by atoms with van der Waals surface area (Å²) in [5.74, 6) is -1.73. The number of hydrogen-bond acceptors (Lipinski definition) is 4. The zero-order chi connectivity index (χ0) is 12.3. The summed E-state index contributed by atoms with van der Waals surface area (Å²) in [6, 6.07) is 2.04. The second-order valence-electron chi connectivity index (χ2n) is 3.10. The third-order valence-corrected chi connectivity index (χ3v) is 1.95. The van der Waals surface area contributed by atoms with Crippen LogP contribution < -0.4 is 0 Å². The number of hydrogen-bond donors (Lipinski definition) is 0. The number of nitrogens with zero attached hydrogens (tertiary/aromatic N) is 1. The summed E-state index contributed by atoms with van der Waals surface area (Å²) < 4.78 is 18.0. The van der Waals surface area contributed by atoms with E-state index < -0.39 is 22.4 Å². The fraction of sp³-hybridized carbons (Fsp3) is 0.300. The fourth-order valence-electron chi connectivity index (χ4n) is 1.30. The average Bonchev–Trinajstić information content (AvgIpc) is 2.16. The van der Waals surface area contributed by atoms with Crippen LogP contribution in [0.4, 0.5) is 10.1 Å². The highest BCUT2D eigenvalue weighted by Crippen LogP contribution is 2.23. The van der Waals surface area contributed by atoms with Crippen LogP contribution in [0.3, 0.4) is 0 Å². The molecule has 1 aromatic carbocycles. The summed E-state index contributed by atoms with van der Waals surface area (Å²) in [7, 11) is 0. The van der Waals surface area contributed by atoms with Crippen molar-refractivity contribution in [3.8, 4) is 0 Å². The molecule has 0 fully saturated rings. The number of carbonyl (C=O) groups excluding carboxylic acids is 1. The van der Waals surface area contributed by atoms with E-state index in [1.54, 1.807) is 6.92 Å². The second kappa shape index (κ2) is 4.69. The molecule has 0 saturated carbocycles. The minimum absolute atomic E-state index is 0.0255. The minimum Gasteiger partial charge on any atom is -0.462 e. The quantitative estimate of drug-likeness (QED) is 0.451. The Labute approximate surface area is 91.0 Å². The molecular formula is C10H10FNO4. The lowest BCUT2D eigenvalue weighted by Crippen LogP contribution is -2.07. The first-order valence-corrected chi connectivity index (χ1v) is 4.59. The molecule has 1 rings (SSSR count). The van der Waals surface area contributed by atoms with Gasteiger partial charge in [0.1, 0.15) is 0 Å².